The van der Waals surface area contributed by atoms with Gasteiger partial charge in [-0.3, -0.25) is 14.6 Å². The number of ketones is 1. The number of carbonyl (C=O) groups excluding carboxylic acids is 2. The molecule has 90 valence electrons. The van der Waals surface area contributed by atoms with Gasteiger partial charge in [0.1, 0.15) is 5.75 Å². The molecule has 0 radical (unpaired) electrons. The summed E-state index contributed by atoms with van der Waals surface area (Å²) in [7, 11) is 0. The van der Waals surface area contributed by atoms with Crippen molar-refractivity contribution in [1.29, 1.82) is 0 Å². The zero-order valence-electron chi connectivity index (χ0n) is 9.33. The van der Waals surface area contributed by atoms with Crippen LogP contribution in [0.15, 0.2) is 48.8 Å². The number of nitrogens with zero attached hydrogens (tertiary/aromatic N) is 1. The summed E-state index contributed by atoms with van der Waals surface area (Å²) in [6.45, 7) is 0. The molecule has 0 aliphatic heterocycles. The van der Waals surface area contributed by atoms with Crippen molar-refractivity contribution in [3.8, 4) is 5.75 Å². The molecule has 2 aromatic rings. The smallest absolute Gasteiger partial charge is 0.296 e. The third kappa shape index (κ3) is 2.52. The number of carbonyl (C=O) groups is 2. The van der Waals surface area contributed by atoms with Crippen molar-refractivity contribution in [3.63, 3.8) is 0 Å². The van der Waals surface area contributed by atoms with Crippen molar-refractivity contribution >= 4 is 17.4 Å². The number of hydrogen-bond acceptors (Lipinski definition) is 4. The lowest BCUT2D eigenvalue weighted by molar-refractivity contribution is -0.112. The fourth-order valence-corrected chi connectivity index (χ4v) is 1.41. The van der Waals surface area contributed by atoms with Crippen LogP contribution in [0.1, 0.15) is 10.4 Å². The maximum absolute atomic E-state index is 11.8. The second-order valence-electron chi connectivity index (χ2n) is 3.54. The number of Topliss-reactive ketones (excluding diaryl/α,β-unsaturated/α-hetero) is 1. The van der Waals surface area contributed by atoms with Gasteiger partial charge in [-0.05, 0) is 24.3 Å². The minimum Gasteiger partial charge on any atom is -0.507 e. The van der Waals surface area contributed by atoms with E-state index in [1.807, 2.05) is 0 Å². The van der Waals surface area contributed by atoms with Crippen molar-refractivity contribution in [2.75, 3.05) is 5.32 Å². The molecule has 1 aromatic carbocycles. The van der Waals surface area contributed by atoms with Crippen LogP contribution in [0, 0.1) is 0 Å². The Morgan fingerprint density at radius 2 is 1.89 bits per heavy atom. The molecule has 0 saturated heterocycles. The number of rotatable bonds is 3. The number of amides is 1. The van der Waals surface area contributed by atoms with Crippen molar-refractivity contribution < 1.29 is 14.7 Å². The van der Waals surface area contributed by atoms with Gasteiger partial charge in [-0.2, -0.15) is 0 Å². The normalized spacial score (nSPS) is 9.78. The summed E-state index contributed by atoms with van der Waals surface area (Å²) < 4.78 is 0. The fraction of sp³-hybridized carbons (Fsp3) is 0. The number of phenolic OH excluding ortho intramolecular Hbond substituents is 1. The van der Waals surface area contributed by atoms with Crippen LogP contribution in [0.3, 0.4) is 0 Å². The third-order valence-electron chi connectivity index (χ3n) is 2.27. The summed E-state index contributed by atoms with van der Waals surface area (Å²) in [6.07, 6.45) is 2.98. The molecule has 0 atom stereocenters. The van der Waals surface area contributed by atoms with Gasteiger partial charge in [-0.1, -0.05) is 12.1 Å². The first-order valence-corrected chi connectivity index (χ1v) is 5.22. The van der Waals surface area contributed by atoms with Crippen LogP contribution in [0.4, 0.5) is 5.69 Å². The number of anilines is 1. The lowest BCUT2D eigenvalue weighted by Crippen LogP contribution is -2.22. The van der Waals surface area contributed by atoms with Crippen LogP contribution in [-0.2, 0) is 4.79 Å². The number of nitrogens with one attached hydrogen (secondary N) is 1. The molecule has 2 N–H and O–H groups in total. The topological polar surface area (TPSA) is 79.3 Å². The zero-order valence-corrected chi connectivity index (χ0v) is 9.33. The zero-order chi connectivity index (χ0) is 13.0. The van der Waals surface area contributed by atoms with E-state index in [0.717, 1.165) is 0 Å². The summed E-state index contributed by atoms with van der Waals surface area (Å²) >= 11 is 0. The standard InChI is InChI=1S/C13H10N2O3/c16-11-6-2-1-5-10(11)12(17)13(18)15-9-4-3-7-14-8-9/h1-8,16H,(H,15,18). The van der Waals surface area contributed by atoms with Crippen molar-refractivity contribution in [2.45, 2.75) is 0 Å². The molecule has 0 spiro atoms. The monoisotopic (exact) mass is 242 g/mol. The van der Waals surface area contributed by atoms with E-state index in [1.54, 1.807) is 30.5 Å². The molecule has 5 nitrogen and oxygen atoms in total. The summed E-state index contributed by atoms with van der Waals surface area (Å²) in [5.74, 6) is -1.83. The van der Waals surface area contributed by atoms with Crippen molar-refractivity contribution in [2.24, 2.45) is 0 Å². The highest BCUT2D eigenvalue weighted by Gasteiger charge is 2.19. The van der Waals surface area contributed by atoms with Gasteiger partial charge in [0.15, 0.2) is 0 Å². The van der Waals surface area contributed by atoms with Gasteiger partial charge in [-0.15, -0.1) is 0 Å². The van der Waals surface area contributed by atoms with Crippen LogP contribution < -0.4 is 5.32 Å². The first-order chi connectivity index (χ1) is 8.68. The van der Waals surface area contributed by atoms with Gasteiger partial charge in [0.05, 0.1) is 17.4 Å². The Labute approximate surface area is 103 Å². The molecule has 18 heavy (non-hydrogen) atoms. The Balaban J connectivity index is 2.16. The Morgan fingerprint density at radius 3 is 2.56 bits per heavy atom. The number of para-hydroxylation sites is 1. The molecule has 0 bridgehead atoms. The van der Waals surface area contributed by atoms with E-state index >= 15 is 0 Å². The largest absolute Gasteiger partial charge is 0.507 e. The number of aromatic nitrogens is 1. The molecule has 1 aromatic heterocycles. The molecular formula is C13H10N2O3. The van der Waals surface area contributed by atoms with E-state index in [9.17, 15) is 14.7 Å². The van der Waals surface area contributed by atoms with Crippen LogP contribution in [0.25, 0.3) is 0 Å². The van der Waals surface area contributed by atoms with Gasteiger partial charge in [0, 0.05) is 6.20 Å². The predicted octanol–water partition coefficient (Wildman–Crippen LogP) is 1.61. The SMILES string of the molecule is O=C(Nc1cccnc1)C(=O)c1ccccc1O. The van der Waals surface area contributed by atoms with Crippen molar-refractivity contribution in [3.05, 3.63) is 54.4 Å². The lowest BCUT2D eigenvalue weighted by Gasteiger charge is -2.04. The maximum Gasteiger partial charge on any atom is 0.296 e. The molecule has 0 unspecified atom stereocenters. The van der Waals surface area contributed by atoms with E-state index in [4.69, 9.17) is 0 Å². The molecule has 1 amide bonds. The van der Waals surface area contributed by atoms with Crippen molar-refractivity contribution in [1.82, 2.24) is 4.98 Å². The van der Waals surface area contributed by atoms with Crippen LogP contribution in [0.5, 0.6) is 5.75 Å². The molecule has 1 heterocycles. The quantitative estimate of drug-likeness (QED) is 0.633. The average molecular weight is 242 g/mol. The van der Waals surface area contributed by atoms with E-state index < -0.39 is 11.7 Å². The first kappa shape index (κ1) is 11.8. The van der Waals surface area contributed by atoms with E-state index in [-0.39, 0.29) is 11.3 Å². The second kappa shape index (κ2) is 5.09. The average Bonchev–Trinajstić information content (AvgIpc) is 2.39. The molecule has 5 heteroatoms. The Hall–Kier alpha value is -2.69. The summed E-state index contributed by atoms with van der Waals surface area (Å²) in [5.41, 5.74) is 0.394. The van der Waals surface area contributed by atoms with Crippen LogP contribution >= 0.6 is 0 Å². The molecular weight excluding hydrogens is 232 g/mol. The van der Waals surface area contributed by atoms with Gasteiger partial charge in [0.25, 0.3) is 11.7 Å². The van der Waals surface area contributed by atoms with Crippen LogP contribution in [0.2, 0.25) is 0 Å². The first-order valence-electron chi connectivity index (χ1n) is 5.22. The number of hydrogen-bond donors (Lipinski definition) is 2. The maximum atomic E-state index is 11.8. The van der Waals surface area contributed by atoms with Gasteiger partial charge in [0.2, 0.25) is 0 Å². The summed E-state index contributed by atoms with van der Waals surface area (Å²) in [6, 6.07) is 9.14. The molecule has 0 saturated carbocycles. The fourth-order valence-electron chi connectivity index (χ4n) is 1.41. The number of pyridine rings is 1. The number of benzene rings is 1. The lowest BCUT2D eigenvalue weighted by atomic mass is 10.1. The summed E-state index contributed by atoms with van der Waals surface area (Å²) in [4.78, 5) is 27.3. The number of aromatic hydroxyl groups is 1. The van der Waals surface area contributed by atoms with E-state index in [1.165, 1.54) is 18.3 Å². The van der Waals surface area contributed by atoms with E-state index in [2.05, 4.69) is 10.3 Å². The minimum absolute atomic E-state index is 0.0288. The highest BCUT2D eigenvalue weighted by Crippen LogP contribution is 2.16. The van der Waals surface area contributed by atoms with Gasteiger partial charge in [-0.25, -0.2) is 0 Å². The Morgan fingerprint density at radius 1 is 1.11 bits per heavy atom. The minimum atomic E-state index is -0.815. The highest BCUT2D eigenvalue weighted by atomic mass is 16.3. The molecule has 0 aliphatic rings. The highest BCUT2D eigenvalue weighted by molar-refractivity contribution is 6.47. The second-order valence-corrected chi connectivity index (χ2v) is 3.54. The molecule has 0 aliphatic carbocycles. The number of phenols is 1. The third-order valence-corrected chi connectivity index (χ3v) is 2.27. The Bertz CT molecular complexity index is 582. The van der Waals surface area contributed by atoms with E-state index in [0.29, 0.717) is 5.69 Å². The van der Waals surface area contributed by atoms with Gasteiger partial charge >= 0.3 is 0 Å². The predicted molar refractivity (Wildman–Crippen MR) is 65.3 cm³/mol. The molecule has 0 fully saturated rings. The van der Waals surface area contributed by atoms with Crippen LogP contribution in [-0.4, -0.2) is 21.8 Å². The van der Waals surface area contributed by atoms with Gasteiger partial charge < -0.3 is 10.4 Å². The Kier molecular flexibility index (Phi) is 3.33. The summed E-state index contributed by atoms with van der Waals surface area (Å²) in [5, 5.41) is 11.9. The molecule has 2 rings (SSSR count).